The van der Waals surface area contributed by atoms with Gasteiger partial charge in [-0.3, -0.25) is 0 Å². The number of hydrogen-bond acceptors (Lipinski definition) is 3. The Balaban J connectivity index is 1.89. The molecule has 0 bridgehead atoms. The number of nitrogens with two attached hydrogens (primary N) is 1. The molecule has 1 atom stereocenters. The second-order valence-electron chi connectivity index (χ2n) is 4.92. The first-order valence-corrected chi connectivity index (χ1v) is 6.91. The minimum Gasteiger partial charge on any atom is -0.497 e. The van der Waals surface area contributed by atoms with E-state index in [0.717, 1.165) is 17.7 Å². The summed E-state index contributed by atoms with van der Waals surface area (Å²) in [6.45, 7) is 2.24. The summed E-state index contributed by atoms with van der Waals surface area (Å²) in [6.07, 6.45) is 0.751. The van der Waals surface area contributed by atoms with E-state index in [2.05, 4.69) is 0 Å². The molecule has 2 aromatic rings. The summed E-state index contributed by atoms with van der Waals surface area (Å²) in [4.78, 5) is 0. The predicted octanol–water partition coefficient (Wildman–Crippen LogP) is 3.48. The standard InChI is InChI=1S/C17H20FNO2/c1-12(19)16-8-7-15(11-17(16)18)21-10-9-13-3-5-14(20-2)6-4-13/h3-8,11-12H,9-10,19H2,1-2H3/t12-/m1/s1. The molecular weight excluding hydrogens is 269 g/mol. The van der Waals surface area contributed by atoms with Crippen molar-refractivity contribution in [3.63, 3.8) is 0 Å². The minimum absolute atomic E-state index is 0.321. The van der Waals surface area contributed by atoms with Gasteiger partial charge in [-0.1, -0.05) is 18.2 Å². The van der Waals surface area contributed by atoms with Crippen molar-refractivity contribution >= 4 is 0 Å². The van der Waals surface area contributed by atoms with Crippen LogP contribution in [0.3, 0.4) is 0 Å². The summed E-state index contributed by atoms with van der Waals surface area (Å²) in [6, 6.07) is 12.3. The van der Waals surface area contributed by atoms with Crippen LogP contribution in [-0.4, -0.2) is 13.7 Å². The molecular formula is C17H20FNO2. The molecule has 0 spiro atoms. The zero-order chi connectivity index (χ0) is 15.2. The maximum atomic E-state index is 13.8. The lowest BCUT2D eigenvalue weighted by atomic mass is 10.1. The fourth-order valence-corrected chi connectivity index (χ4v) is 2.05. The van der Waals surface area contributed by atoms with E-state index < -0.39 is 0 Å². The van der Waals surface area contributed by atoms with Crippen molar-refractivity contribution in [1.29, 1.82) is 0 Å². The molecule has 0 saturated heterocycles. The van der Waals surface area contributed by atoms with E-state index in [4.69, 9.17) is 15.2 Å². The van der Waals surface area contributed by atoms with Crippen molar-refractivity contribution in [1.82, 2.24) is 0 Å². The summed E-state index contributed by atoms with van der Waals surface area (Å²) in [5.74, 6) is 1.02. The number of benzene rings is 2. The first-order valence-electron chi connectivity index (χ1n) is 6.91. The van der Waals surface area contributed by atoms with Crippen LogP contribution in [0.5, 0.6) is 11.5 Å². The fourth-order valence-electron chi connectivity index (χ4n) is 2.05. The van der Waals surface area contributed by atoms with Gasteiger partial charge in [0.05, 0.1) is 13.7 Å². The topological polar surface area (TPSA) is 44.5 Å². The van der Waals surface area contributed by atoms with Gasteiger partial charge in [-0.25, -0.2) is 4.39 Å². The van der Waals surface area contributed by atoms with Crippen molar-refractivity contribution in [2.45, 2.75) is 19.4 Å². The third-order valence-electron chi connectivity index (χ3n) is 3.28. The summed E-state index contributed by atoms with van der Waals surface area (Å²) >= 11 is 0. The summed E-state index contributed by atoms with van der Waals surface area (Å²) < 4.78 is 24.4. The lowest BCUT2D eigenvalue weighted by Crippen LogP contribution is -2.08. The highest BCUT2D eigenvalue weighted by atomic mass is 19.1. The Hall–Kier alpha value is -2.07. The van der Waals surface area contributed by atoms with Gasteiger partial charge in [0.1, 0.15) is 17.3 Å². The highest BCUT2D eigenvalue weighted by Crippen LogP contribution is 2.21. The smallest absolute Gasteiger partial charge is 0.131 e. The van der Waals surface area contributed by atoms with E-state index >= 15 is 0 Å². The Morgan fingerprint density at radius 3 is 2.33 bits per heavy atom. The van der Waals surface area contributed by atoms with Gasteiger partial charge < -0.3 is 15.2 Å². The maximum absolute atomic E-state index is 13.8. The van der Waals surface area contributed by atoms with E-state index in [1.165, 1.54) is 6.07 Å². The largest absolute Gasteiger partial charge is 0.497 e. The number of hydrogen-bond donors (Lipinski definition) is 1. The molecule has 2 rings (SSSR count). The Kier molecular flexibility index (Phi) is 5.17. The summed E-state index contributed by atoms with van der Waals surface area (Å²) in [5.41, 5.74) is 7.31. The molecule has 112 valence electrons. The van der Waals surface area contributed by atoms with Crippen LogP contribution in [0.2, 0.25) is 0 Å². The molecule has 2 N–H and O–H groups in total. The molecule has 0 aliphatic heterocycles. The average Bonchev–Trinajstić information content (AvgIpc) is 2.47. The first-order chi connectivity index (χ1) is 10.1. The SMILES string of the molecule is COc1ccc(CCOc2ccc([C@@H](C)N)c(F)c2)cc1. The minimum atomic E-state index is -0.327. The predicted molar refractivity (Wildman–Crippen MR) is 81.2 cm³/mol. The van der Waals surface area contributed by atoms with Gasteiger partial charge in [0, 0.05) is 24.1 Å². The molecule has 0 radical (unpaired) electrons. The number of halogens is 1. The van der Waals surface area contributed by atoms with Crippen molar-refractivity contribution in [2.75, 3.05) is 13.7 Å². The van der Waals surface area contributed by atoms with E-state index in [9.17, 15) is 4.39 Å². The van der Waals surface area contributed by atoms with E-state index in [-0.39, 0.29) is 11.9 Å². The van der Waals surface area contributed by atoms with E-state index in [1.54, 1.807) is 26.2 Å². The van der Waals surface area contributed by atoms with Gasteiger partial charge in [-0.2, -0.15) is 0 Å². The molecule has 2 aromatic carbocycles. The molecule has 21 heavy (non-hydrogen) atoms. The van der Waals surface area contributed by atoms with Crippen LogP contribution in [0, 0.1) is 5.82 Å². The normalized spacial score (nSPS) is 12.0. The quantitative estimate of drug-likeness (QED) is 0.885. The Bertz CT molecular complexity index is 582. The van der Waals surface area contributed by atoms with E-state index in [1.807, 2.05) is 24.3 Å². The van der Waals surface area contributed by atoms with Crippen LogP contribution in [0.25, 0.3) is 0 Å². The van der Waals surface area contributed by atoms with Crippen molar-refractivity contribution in [3.8, 4) is 11.5 Å². The molecule has 0 amide bonds. The zero-order valence-corrected chi connectivity index (χ0v) is 12.3. The molecule has 0 aromatic heterocycles. The molecule has 0 aliphatic carbocycles. The van der Waals surface area contributed by atoms with E-state index in [0.29, 0.717) is 17.9 Å². The molecule has 0 heterocycles. The average molecular weight is 289 g/mol. The molecule has 0 saturated carbocycles. The monoisotopic (exact) mass is 289 g/mol. The highest BCUT2D eigenvalue weighted by Gasteiger charge is 2.08. The van der Waals surface area contributed by atoms with Gasteiger partial charge in [0.25, 0.3) is 0 Å². The second kappa shape index (κ2) is 7.09. The molecule has 4 heteroatoms. The fraction of sp³-hybridized carbons (Fsp3) is 0.294. The van der Waals surface area contributed by atoms with Crippen LogP contribution < -0.4 is 15.2 Å². The van der Waals surface area contributed by atoms with Crippen LogP contribution in [0.1, 0.15) is 24.1 Å². The summed E-state index contributed by atoms with van der Waals surface area (Å²) in [5, 5.41) is 0. The highest BCUT2D eigenvalue weighted by molar-refractivity contribution is 5.31. The molecule has 0 aliphatic rings. The lowest BCUT2D eigenvalue weighted by molar-refractivity contribution is 0.320. The van der Waals surface area contributed by atoms with Gasteiger partial charge in [-0.05, 0) is 30.7 Å². The Morgan fingerprint density at radius 1 is 1.10 bits per heavy atom. The molecule has 0 unspecified atom stereocenters. The molecule has 3 nitrogen and oxygen atoms in total. The van der Waals surface area contributed by atoms with Gasteiger partial charge in [0.2, 0.25) is 0 Å². The second-order valence-corrected chi connectivity index (χ2v) is 4.92. The Labute approximate surface area is 124 Å². The third-order valence-corrected chi connectivity index (χ3v) is 3.28. The maximum Gasteiger partial charge on any atom is 0.131 e. The first kappa shape index (κ1) is 15.3. The zero-order valence-electron chi connectivity index (χ0n) is 12.3. The van der Waals surface area contributed by atoms with Crippen molar-refractivity contribution in [3.05, 3.63) is 59.4 Å². The third kappa shape index (κ3) is 4.20. The van der Waals surface area contributed by atoms with Crippen molar-refractivity contribution < 1.29 is 13.9 Å². The lowest BCUT2D eigenvalue weighted by Gasteiger charge is -2.10. The number of methoxy groups -OCH3 is 1. The van der Waals surface area contributed by atoms with Crippen LogP contribution in [0.15, 0.2) is 42.5 Å². The van der Waals surface area contributed by atoms with Crippen LogP contribution in [0.4, 0.5) is 4.39 Å². The Morgan fingerprint density at radius 2 is 1.76 bits per heavy atom. The summed E-state index contributed by atoms with van der Waals surface area (Å²) in [7, 11) is 1.64. The van der Waals surface area contributed by atoms with Crippen LogP contribution in [-0.2, 0) is 6.42 Å². The molecule has 0 fully saturated rings. The number of ether oxygens (including phenoxy) is 2. The van der Waals surface area contributed by atoms with Gasteiger partial charge >= 0.3 is 0 Å². The van der Waals surface area contributed by atoms with Gasteiger partial charge in [-0.15, -0.1) is 0 Å². The number of rotatable bonds is 6. The van der Waals surface area contributed by atoms with Gasteiger partial charge in [0.15, 0.2) is 0 Å². The van der Waals surface area contributed by atoms with Crippen molar-refractivity contribution in [2.24, 2.45) is 5.73 Å². The van der Waals surface area contributed by atoms with Crippen LogP contribution >= 0.6 is 0 Å².